The van der Waals surface area contributed by atoms with Crippen molar-refractivity contribution in [3.8, 4) is 11.5 Å². The summed E-state index contributed by atoms with van der Waals surface area (Å²) in [6, 6.07) is 10.9. The third-order valence-corrected chi connectivity index (χ3v) is 19.0. The Hall–Kier alpha value is -8.29. The molecule has 1 saturated heterocycles. The summed E-state index contributed by atoms with van der Waals surface area (Å²) >= 11 is 1.35. The fourth-order valence-electron chi connectivity index (χ4n) is 11.5. The number of ether oxygens (including phenoxy) is 3. The molecule has 35 heteroatoms. The number of hydrogen-bond acceptors (Lipinski definition) is 20. The van der Waals surface area contributed by atoms with Gasteiger partial charge in [-0.1, -0.05) is 29.3 Å². The van der Waals surface area contributed by atoms with Gasteiger partial charge in [0.1, 0.15) is 42.8 Å². The lowest BCUT2D eigenvalue weighted by Gasteiger charge is -2.31. The van der Waals surface area contributed by atoms with Gasteiger partial charge in [-0.15, -0.1) is 11.3 Å². The van der Waals surface area contributed by atoms with Crippen LogP contribution in [0, 0.1) is 10.1 Å². The second-order valence-electron chi connectivity index (χ2n) is 26.8. The van der Waals surface area contributed by atoms with E-state index >= 15 is 8.63 Å². The van der Waals surface area contributed by atoms with Crippen molar-refractivity contribution < 1.29 is 111 Å². The minimum absolute atomic E-state index is 0.0371. The minimum Gasteiger partial charge on any atom is -0.748 e. The molecule has 3 aliphatic heterocycles. The average molecular weight is 1460 g/mol. The maximum absolute atomic E-state index is 17.5. The number of aromatic nitrogens is 1. The van der Waals surface area contributed by atoms with E-state index in [1.807, 2.05) is 32.6 Å². The predicted octanol–water partition coefficient (Wildman–Crippen LogP) is 3.64. The highest BCUT2D eigenvalue weighted by Crippen LogP contribution is 2.41. The number of carbonyl (C=O) groups is 6. The molecule has 4 aromatic rings. The molecule has 5 heterocycles. The Labute approximate surface area is 583 Å². The number of aliphatic hydroxyl groups is 1. The number of nitrogens with zero attached hydrogens (tertiary/aromatic N) is 6. The number of aliphatic hydroxyl groups excluding tert-OH is 1. The van der Waals surface area contributed by atoms with Crippen molar-refractivity contribution >= 4 is 104 Å². The number of allylic oxidation sites excluding steroid dienone is 2. The van der Waals surface area contributed by atoms with E-state index in [0.29, 0.717) is 67.9 Å². The van der Waals surface area contributed by atoms with Crippen molar-refractivity contribution in [1.82, 2.24) is 25.5 Å². The summed E-state index contributed by atoms with van der Waals surface area (Å²) in [5.74, 6) is -5.72. The van der Waals surface area contributed by atoms with Crippen LogP contribution in [0.3, 0.4) is 0 Å². The number of carbonyl (C=O) groups excluding carboxylic acids is 6. The third-order valence-electron chi connectivity index (χ3n) is 16.6. The van der Waals surface area contributed by atoms with E-state index in [2.05, 4.69) is 37.1 Å². The van der Waals surface area contributed by atoms with E-state index in [0.717, 1.165) is 38.5 Å². The van der Waals surface area contributed by atoms with Gasteiger partial charge in [-0.3, -0.25) is 38.9 Å². The third kappa shape index (κ3) is 23.1. The highest BCUT2D eigenvalue weighted by Gasteiger charge is 2.55. The lowest BCUT2D eigenvalue weighted by atomic mass is 9.88. The molecule has 0 spiro atoms. The summed E-state index contributed by atoms with van der Waals surface area (Å²) in [5.41, 5.74) is 2.33. The van der Waals surface area contributed by atoms with E-state index in [1.165, 1.54) is 30.4 Å². The van der Waals surface area contributed by atoms with Crippen LogP contribution in [0.15, 0.2) is 77.3 Å². The Bertz CT molecular complexity index is 4000. The van der Waals surface area contributed by atoms with Crippen molar-refractivity contribution in [2.24, 2.45) is 0 Å². The van der Waals surface area contributed by atoms with Crippen LogP contribution in [-0.2, 0) is 66.8 Å². The number of thiophene rings is 1. The van der Waals surface area contributed by atoms with E-state index in [9.17, 15) is 69.9 Å². The van der Waals surface area contributed by atoms with Crippen LogP contribution in [0.5, 0.6) is 11.5 Å². The Morgan fingerprint density at radius 2 is 1.52 bits per heavy atom. The van der Waals surface area contributed by atoms with Crippen LogP contribution in [0.25, 0.3) is 18.2 Å². The normalized spacial score (nSPS) is 15.9. The number of hydroxylamine groups is 2. The summed E-state index contributed by atoms with van der Waals surface area (Å²) in [4.78, 5) is 94.6. The largest absolute Gasteiger partial charge is 0.748 e. The molecule has 4 atom stereocenters. The van der Waals surface area contributed by atoms with E-state index in [-0.39, 0.29) is 111 Å². The van der Waals surface area contributed by atoms with Gasteiger partial charge in [0.15, 0.2) is 11.4 Å². The Kier molecular flexibility index (Phi) is 27.2. The van der Waals surface area contributed by atoms with E-state index in [4.69, 9.17) is 19.0 Å². The lowest BCUT2D eigenvalue weighted by Crippen LogP contribution is -3.10. The molecule has 0 radical (unpaired) electrons. The molecule has 7 rings (SSSR count). The molecule has 3 aliphatic rings. The first-order chi connectivity index (χ1) is 46.9. The molecule has 2 aromatic heterocycles. The molecule has 100 heavy (non-hydrogen) atoms. The summed E-state index contributed by atoms with van der Waals surface area (Å²) in [5, 5.41) is 32.0. The van der Waals surface area contributed by atoms with Crippen molar-refractivity contribution in [2.75, 3.05) is 107 Å². The van der Waals surface area contributed by atoms with Gasteiger partial charge in [0.2, 0.25) is 17.7 Å². The molecule has 29 nitrogen and oxygen atoms in total. The number of nitro groups is 1. The first-order valence-corrected chi connectivity index (χ1v) is 36.7. The van der Waals surface area contributed by atoms with Crippen LogP contribution in [-0.4, -0.2) is 226 Å². The van der Waals surface area contributed by atoms with Gasteiger partial charge in [0, 0.05) is 66.1 Å². The van der Waals surface area contributed by atoms with Gasteiger partial charge >= 0.3 is 13.1 Å². The number of fused-ring (bicyclic) bond motifs is 2. The number of likely N-dealkylation sites (N-methyl/N-ethyl adjacent to an activating group) is 1. The van der Waals surface area contributed by atoms with Gasteiger partial charge in [0.25, 0.3) is 17.5 Å². The van der Waals surface area contributed by atoms with Gasteiger partial charge < -0.3 is 75.8 Å². The van der Waals surface area contributed by atoms with Crippen molar-refractivity contribution in [1.29, 1.82) is 0 Å². The van der Waals surface area contributed by atoms with Gasteiger partial charge in [-0.2, -0.15) is 0 Å². The van der Waals surface area contributed by atoms with Crippen LogP contribution >= 0.6 is 11.3 Å². The number of hydrogen-bond donors (Lipinski definition) is 5. The predicted molar refractivity (Wildman–Crippen MR) is 364 cm³/mol. The fourth-order valence-corrected chi connectivity index (χ4v) is 13.4. The molecule has 0 aliphatic carbocycles. The smallest absolute Gasteiger partial charge is 0.737 e. The molecule has 5 amide bonds. The van der Waals surface area contributed by atoms with Crippen molar-refractivity contribution in [2.45, 2.75) is 102 Å². The Morgan fingerprint density at radius 1 is 0.830 bits per heavy atom. The topological polar surface area (TPSA) is 369 Å². The molecule has 5 N–H and O–H groups in total. The SMILES string of the molecule is CC(OC(=O)ON1C(=O)CCC1=O)c1cc(CO)c(OCC[NH+](C)CCNC(=O)C(CCCC[N+](C)(C)C)NC(=O)C(CS(=O)(=O)[O-])NC(=O)CCCOc2ccc(/C=C/c3cc(CCCS(=O)(=O)[O-])c4n3[B-](F)(F)[N+]3=C(c5cccs5)C=C(CCC[N+](C)(C)C)C3=C4)cc2)cc1[N+](=O)[O-]. The standard InChI is InChI=1S/C65H87BF2N10O19S3/c1-44(96-65(85)97-75-61(81)26-27-62(75)82)51-38-48(42-79)58(41-56(51)76(86)87)95-34-30-72(2)29-28-69-63(83)52(17-9-10-31-77(3,4)5)71-64(84)53(43-100(91,92)93)70-60(80)19-12-33-94-50-24-21-45(22-25-50)20-23-49-37-46(16-14-36-99(88,89)90)54-40-55-47(15-11-32-78(6,7)8)39-57(59-18-13-35-98-59)74(55)66(67,68)73(49)54/h13,18,20-25,35,37-41,44,52-53,79H,9-12,14-17,19,26-34,36,42-43H2,1-8H3,(H3-2,69,70,71,80,83,84,88,89,90,91,92,93)/p+1/b23-20+. The first-order valence-electron chi connectivity index (χ1n) is 32.7. The van der Waals surface area contributed by atoms with Crippen molar-refractivity contribution in [3.05, 3.63) is 126 Å². The second-order valence-corrected chi connectivity index (χ2v) is 30.8. The molecular formula is C65H88BF2N10O19S3+. The second kappa shape index (κ2) is 34.4. The summed E-state index contributed by atoms with van der Waals surface area (Å²) in [6.45, 7) is -1.86. The number of aryl methyl sites for hydroxylation is 1. The number of halogens is 2. The van der Waals surface area contributed by atoms with E-state index in [1.54, 1.807) is 61.7 Å². The number of unbranched alkanes of at least 4 members (excludes halogenated alkanes) is 1. The lowest BCUT2D eigenvalue weighted by molar-refractivity contribution is -0.878. The van der Waals surface area contributed by atoms with Crippen molar-refractivity contribution in [3.63, 3.8) is 0 Å². The molecular weight excluding hydrogens is 1370 g/mol. The first kappa shape index (κ1) is 79.0. The Morgan fingerprint density at radius 3 is 2.15 bits per heavy atom. The number of nitrogens with one attached hydrogen (secondary N) is 4. The highest BCUT2D eigenvalue weighted by atomic mass is 32.2. The average Bonchev–Trinajstić information content (AvgIpc) is 1.55. The monoisotopic (exact) mass is 1460 g/mol. The van der Waals surface area contributed by atoms with E-state index < -0.39 is 110 Å². The molecule has 0 saturated carbocycles. The summed E-state index contributed by atoms with van der Waals surface area (Å²) in [7, 11) is 4.17. The summed E-state index contributed by atoms with van der Waals surface area (Å²) < 4.78 is 126. The minimum atomic E-state index is -5.13. The summed E-state index contributed by atoms with van der Waals surface area (Å²) in [6.07, 6.45) is 5.79. The number of benzene rings is 2. The quantitative estimate of drug-likeness (QED) is 0.00622. The molecule has 0 bridgehead atoms. The van der Waals surface area contributed by atoms with Crippen LogP contribution < -0.4 is 30.3 Å². The molecule has 546 valence electrons. The number of nitro benzene ring substituents is 1. The molecule has 4 unspecified atom stereocenters. The number of amides is 5. The van der Waals surface area contributed by atoms with Crippen LogP contribution in [0.4, 0.5) is 19.1 Å². The molecule has 2 aromatic carbocycles. The number of quaternary nitrogens is 3. The zero-order valence-electron chi connectivity index (χ0n) is 57.2. The zero-order chi connectivity index (χ0) is 73.5. The number of imide groups is 1. The zero-order valence-corrected chi connectivity index (χ0v) is 59.7. The van der Waals surface area contributed by atoms with Gasteiger partial charge in [-0.25, -0.2) is 21.6 Å². The maximum atomic E-state index is 17.5. The maximum Gasteiger partial charge on any atom is 0.737 e. The molecule has 1 fully saturated rings. The highest BCUT2D eigenvalue weighted by molar-refractivity contribution is 7.86. The van der Waals surface area contributed by atoms with Crippen LogP contribution in [0.2, 0.25) is 0 Å². The van der Waals surface area contributed by atoms with Crippen LogP contribution in [0.1, 0.15) is 116 Å². The van der Waals surface area contributed by atoms with Gasteiger partial charge in [0.05, 0.1) is 136 Å². The fraction of sp³-hybridized carbons (Fsp3) is 0.492. The van der Waals surface area contributed by atoms with Gasteiger partial charge in [-0.05, 0) is 105 Å². The Balaban J connectivity index is 0.931. The number of rotatable bonds is 39.